The highest BCUT2D eigenvalue weighted by molar-refractivity contribution is 7.14. The minimum absolute atomic E-state index is 0.0191. The van der Waals surface area contributed by atoms with Gasteiger partial charge in [0.2, 0.25) is 5.91 Å². The molecule has 0 aliphatic heterocycles. The predicted octanol–water partition coefficient (Wildman–Crippen LogP) is 5.05. The number of hydrogen-bond acceptors (Lipinski definition) is 5. The molecule has 7 heteroatoms. The Hall–Kier alpha value is -1.92. The zero-order valence-corrected chi connectivity index (χ0v) is 17.1. The maximum Gasteiger partial charge on any atom is 0.357 e. The normalized spacial score (nSPS) is 19.1. The highest BCUT2D eigenvalue weighted by Crippen LogP contribution is 2.41. The van der Waals surface area contributed by atoms with Crippen molar-refractivity contribution in [3.8, 4) is 0 Å². The zero-order valence-electron chi connectivity index (χ0n) is 15.5. The first-order valence-electron chi connectivity index (χ1n) is 9.25. The number of esters is 1. The average molecular weight is 407 g/mol. The molecule has 1 fully saturated rings. The van der Waals surface area contributed by atoms with Gasteiger partial charge in [-0.15, -0.1) is 11.3 Å². The zero-order chi connectivity index (χ0) is 19.4. The molecule has 2 atom stereocenters. The van der Waals surface area contributed by atoms with Crippen LogP contribution in [-0.4, -0.2) is 29.5 Å². The second-order valence-corrected chi connectivity index (χ2v) is 7.78. The smallest absolute Gasteiger partial charge is 0.357 e. The lowest BCUT2D eigenvalue weighted by Gasteiger charge is -2.31. The highest BCUT2D eigenvalue weighted by atomic mass is 35.5. The van der Waals surface area contributed by atoms with Gasteiger partial charge in [0.15, 0.2) is 10.8 Å². The molecule has 1 aliphatic rings. The molecule has 1 aromatic carbocycles. The van der Waals surface area contributed by atoms with E-state index >= 15 is 0 Å². The largest absolute Gasteiger partial charge is 0.461 e. The van der Waals surface area contributed by atoms with Crippen molar-refractivity contribution in [2.24, 2.45) is 0 Å². The van der Waals surface area contributed by atoms with Gasteiger partial charge in [0.1, 0.15) is 0 Å². The van der Waals surface area contributed by atoms with E-state index in [-0.39, 0.29) is 23.6 Å². The Morgan fingerprint density at radius 3 is 2.67 bits per heavy atom. The first-order chi connectivity index (χ1) is 13.0. The number of carbonyl (C=O) groups is 2. The van der Waals surface area contributed by atoms with Crippen molar-refractivity contribution < 1.29 is 14.3 Å². The second kappa shape index (κ2) is 8.85. The van der Waals surface area contributed by atoms with Gasteiger partial charge < -0.3 is 4.74 Å². The van der Waals surface area contributed by atoms with E-state index in [0.717, 1.165) is 19.3 Å². The van der Waals surface area contributed by atoms with Crippen LogP contribution in [0.4, 0.5) is 5.13 Å². The maximum absolute atomic E-state index is 12.8. The Labute approximate surface area is 168 Å². The van der Waals surface area contributed by atoms with Crippen LogP contribution in [0.15, 0.2) is 29.6 Å². The molecule has 2 aromatic rings. The van der Waals surface area contributed by atoms with Crippen LogP contribution in [-0.2, 0) is 9.53 Å². The lowest BCUT2D eigenvalue weighted by Crippen LogP contribution is -2.41. The number of carbonyl (C=O) groups excluding carboxylic acids is 2. The van der Waals surface area contributed by atoms with Crippen molar-refractivity contribution >= 4 is 39.9 Å². The van der Waals surface area contributed by atoms with Gasteiger partial charge in [-0.2, -0.15) is 0 Å². The topological polar surface area (TPSA) is 59.5 Å². The van der Waals surface area contributed by atoms with Crippen LogP contribution in [0.1, 0.15) is 61.5 Å². The molecule has 1 aromatic heterocycles. The van der Waals surface area contributed by atoms with E-state index in [1.807, 2.05) is 31.2 Å². The Morgan fingerprint density at radius 2 is 2.00 bits per heavy atom. The minimum atomic E-state index is -0.454. The first kappa shape index (κ1) is 19.8. The highest BCUT2D eigenvalue weighted by Gasteiger charge is 2.37. The van der Waals surface area contributed by atoms with Crippen molar-refractivity contribution in [2.75, 3.05) is 11.5 Å². The van der Waals surface area contributed by atoms with Crippen molar-refractivity contribution in [1.82, 2.24) is 4.98 Å². The molecule has 2 unspecified atom stereocenters. The fourth-order valence-corrected chi connectivity index (χ4v) is 4.62. The Bertz CT molecular complexity index is 806. The first-order valence-corrected chi connectivity index (χ1v) is 10.5. The molecule has 144 valence electrons. The fraction of sp³-hybridized carbons (Fsp3) is 0.450. The van der Waals surface area contributed by atoms with Crippen molar-refractivity contribution in [2.45, 2.75) is 51.5 Å². The van der Waals surface area contributed by atoms with E-state index in [0.29, 0.717) is 23.2 Å². The van der Waals surface area contributed by atoms with Crippen LogP contribution < -0.4 is 4.90 Å². The third kappa shape index (κ3) is 4.33. The van der Waals surface area contributed by atoms with Gasteiger partial charge in [-0.1, -0.05) is 37.1 Å². The number of nitrogens with zero attached hydrogens (tertiary/aromatic N) is 2. The maximum atomic E-state index is 12.8. The number of hydrogen-bond donors (Lipinski definition) is 0. The van der Waals surface area contributed by atoms with E-state index in [1.54, 1.807) is 17.2 Å². The molecule has 1 aliphatic carbocycles. The molecule has 0 bridgehead atoms. The van der Waals surface area contributed by atoms with Gasteiger partial charge in [0.05, 0.1) is 6.61 Å². The Morgan fingerprint density at radius 1 is 1.26 bits per heavy atom. The van der Waals surface area contributed by atoms with Gasteiger partial charge in [-0.3, -0.25) is 9.69 Å². The van der Waals surface area contributed by atoms with E-state index < -0.39 is 5.97 Å². The van der Waals surface area contributed by atoms with Crippen LogP contribution in [0, 0.1) is 0 Å². The third-order valence-corrected chi connectivity index (χ3v) is 5.96. The van der Waals surface area contributed by atoms with Crippen molar-refractivity contribution in [3.05, 3.63) is 45.9 Å². The summed E-state index contributed by atoms with van der Waals surface area (Å²) in [7, 11) is 0. The molecule has 1 heterocycles. The summed E-state index contributed by atoms with van der Waals surface area (Å²) < 4.78 is 5.02. The number of aromatic nitrogens is 1. The number of benzene rings is 1. The van der Waals surface area contributed by atoms with Crippen molar-refractivity contribution in [1.29, 1.82) is 0 Å². The van der Waals surface area contributed by atoms with E-state index in [2.05, 4.69) is 4.98 Å². The van der Waals surface area contributed by atoms with Crippen LogP contribution in [0.5, 0.6) is 0 Å². The molecule has 0 spiro atoms. The van der Waals surface area contributed by atoms with E-state index in [9.17, 15) is 9.59 Å². The monoisotopic (exact) mass is 406 g/mol. The lowest BCUT2D eigenvalue weighted by atomic mass is 9.93. The van der Waals surface area contributed by atoms with Crippen LogP contribution >= 0.6 is 22.9 Å². The number of amides is 1. The molecule has 5 nitrogen and oxygen atoms in total. The summed E-state index contributed by atoms with van der Waals surface area (Å²) in [5, 5.41) is 2.93. The van der Waals surface area contributed by atoms with Crippen LogP contribution in [0.25, 0.3) is 0 Å². The second-order valence-electron chi connectivity index (χ2n) is 6.51. The SMILES string of the molecule is CCOC(=O)c1csc(N(C(=O)CC)C2CCCC2c2ccc(Cl)cc2)n1. The van der Waals surface area contributed by atoms with Crippen LogP contribution in [0.3, 0.4) is 0 Å². The molecule has 1 amide bonds. The van der Waals surface area contributed by atoms with Gasteiger partial charge in [-0.25, -0.2) is 9.78 Å². The summed E-state index contributed by atoms with van der Waals surface area (Å²) in [6.45, 7) is 3.90. The van der Waals surface area contributed by atoms with Gasteiger partial charge in [0, 0.05) is 28.8 Å². The summed E-state index contributed by atoms with van der Waals surface area (Å²) in [5.74, 6) is -0.206. The number of rotatable bonds is 6. The van der Waals surface area contributed by atoms with Gasteiger partial charge in [-0.05, 0) is 37.5 Å². The Balaban J connectivity index is 1.91. The van der Waals surface area contributed by atoms with Crippen LogP contribution in [0.2, 0.25) is 5.02 Å². The third-order valence-electron chi connectivity index (χ3n) is 4.86. The molecule has 0 radical (unpaired) electrons. The molecule has 3 rings (SSSR count). The fourth-order valence-electron chi connectivity index (χ4n) is 3.63. The summed E-state index contributed by atoms with van der Waals surface area (Å²) in [6.07, 6.45) is 3.35. The number of ether oxygens (including phenoxy) is 1. The molecule has 27 heavy (non-hydrogen) atoms. The molecule has 0 saturated heterocycles. The molecular weight excluding hydrogens is 384 g/mol. The predicted molar refractivity (Wildman–Crippen MR) is 108 cm³/mol. The van der Waals surface area contributed by atoms with Crippen molar-refractivity contribution in [3.63, 3.8) is 0 Å². The number of anilines is 1. The number of halogens is 1. The van der Waals surface area contributed by atoms with E-state index in [1.165, 1.54) is 16.9 Å². The van der Waals surface area contributed by atoms with E-state index in [4.69, 9.17) is 16.3 Å². The van der Waals surface area contributed by atoms with Gasteiger partial charge in [0.25, 0.3) is 0 Å². The minimum Gasteiger partial charge on any atom is -0.461 e. The quantitative estimate of drug-likeness (QED) is 0.629. The summed E-state index contributed by atoms with van der Waals surface area (Å²) in [6, 6.07) is 7.87. The summed E-state index contributed by atoms with van der Waals surface area (Å²) >= 11 is 7.34. The molecule has 1 saturated carbocycles. The van der Waals surface area contributed by atoms with Gasteiger partial charge >= 0.3 is 5.97 Å². The molecular formula is C20H23ClN2O3S. The molecule has 0 N–H and O–H groups in total. The average Bonchev–Trinajstić information content (AvgIpc) is 3.33. The lowest BCUT2D eigenvalue weighted by molar-refractivity contribution is -0.118. The summed E-state index contributed by atoms with van der Waals surface area (Å²) in [4.78, 5) is 31.0. The number of thiazole rings is 1. The standard InChI is InChI=1S/C20H23ClN2O3S/c1-3-18(24)23(20-22-16(12-27-20)19(25)26-4-2)17-7-5-6-15(17)13-8-10-14(21)11-9-13/h8-12,15,17H,3-7H2,1-2H3. The summed E-state index contributed by atoms with van der Waals surface area (Å²) in [5.41, 5.74) is 1.43. The Kier molecular flexibility index (Phi) is 6.50.